The molecule has 0 atom stereocenters. The van der Waals surface area contributed by atoms with Gasteiger partial charge in [0.25, 0.3) is 0 Å². The number of aryl methyl sites for hydroxylation is 2. The summed E-state index contributed by atoms with van der Waals surface area (Å²) in [6.45, 7) is 7.51. The van der Waals surface area contributed by atoms with Gasteiger partial charge in [0.1, 0.15) is 11.5 Å². The molecule has 3 aromatic rings. The summed E-state index contributed by atoms with van der Waals surface area (Å²) in [6, 6.07) is 10.0. The number of fused-ring (bicyclic) bond motifs is 1. The van der Waals surface area contributed by atoms with Crippen LogP contribution in [-0.4, -0.2) is 33.0 Å². The van der Waals surface area contributed by atoms with Gasteiger partial charge in [0, 0.05) is 25.8 Å². The van der Waals surface area contributed by atoms with Gasteiger partial charge in [-0.15, -0.1) is 0 Å². The van der Waals surface area contributed by atoms with Crippen molar-refractivity contribution >= 4 is 34.1 Å². The van der Waals surface area contributed by atoms with Crippen LogP contribution in [0.15, 0.2) is 30.3 Å². The van der Waals surface area contributed by atoms with E-state index in [9.17, 15) is 0 Å². The van der Waals surface area contributed by atoms with Gasteiger partial charge < -0.3 is 15.6 Å². The molecule has 2 heterocycles. The number of anilines is 1. The summed E-state index contributed by atoms with van der Waals surface area (Å²) in [4.78, 5) is 13.6. The lowest BCUT2D eigenvalue weighted by Crippen LogP contribution is -2.25. The Morgan fingerprint density at radius 1 is 1.17 bits per heavy atom. The van der Waals surface area contributed by atoms with Crippen LogP contribution in [0.1, 0.15) is 19.6 Å². The average Bonchev–Trinajstić information content (AvgIpc) is 2.86. The van der Waals surface area contributed by atoms with E-state index in [1.807, 2.05) is 37.3 Å². The van der Waals surface area contributed by atoms with E-state index in [0.29, 0.717) is 5.82 Å². The Hall–Kier alpha value is -2.47. The topological polar surface area (TPSA) is 65.6 Å². The summed E-state index contributed by atoms with van der Waals surface area (Å²) in [5, 5.41) is 7.61. The number of rotatable bonds is 5. The smallest absolute Gasteiger partial charge is 0.163 e. The minimum Gasteiger partial charge on any atom is -0.378 e. The van der Waals surface area contributed by atoms with Crippen LogP contribution in [0.4, 0.5) is 5.82 Å². The molecule has 0 aliphatic rings. The van der Waals surface area contributed by atoms with E-state index in [0.717, 1.165) is 46.2 Å². The van der Waals surface area contributed by atoms with Gasteiger partial charge in [-0.05, 0) is 26.3 Å². The van der Waals surface area contributed by atoms with Gasteiger partial charge in [0.05, 0.1) is 10.4 Å². The molecule has 1 aromatic carbocycles. The molecular weight excluding hydrogens is 318 g/mol. The quantitative estimate of drug-likeness (QED) is 0.486. The summed E-state index contributed by atoms with van der Waals surface area (Å²) in [5.74, 6) is 1.57. The van der Waals surface area contributed by atoms with Crippen molar-refractivity contribution in [3.63, 3.8) is 0 Å². The number of nitrogens with one attached hydrogen (secondary N) is 3. The van der Waals surface area contributed by atoms with Crippen LogP contribution in [0.2, 0.25) is 0 Å². The SMILES string of the molecule is CC(=S)NCCNc1nc(-c2ccccc2)nc2[nH]c(C)c(C)c12.[HH]. The Labute approximate surface area is 148 Å². The molecule has 3 rings (SSSR count). The molecule has 0 bridgehead atoms. The Morgan fingerprint density at radius 2 is 1.92 bits per heavy atom. The Bertz CT molecular complexity index is 876. The molecule has 2 aromatic heterocycles. The fourth-order valence-electron chi connectivity index (χ4n) is 2.63. The normalized spacial score (nSPS) is 10.8. The van der Waals surface area contributed by atoms with Crippen LogP contribution < -0.4 is 10.6 Å². The molecule has 0 spiro atoms. The van der Waals surface area contributed by atoms with Crippen molar-refractivity contribution in [3.8, 4) is 11.4 Å². The number of aromatic nitrogens is 3. The zero-order chi connectivity index (χ0) is 17.1. The molecule has 6 heteroatoms. The van der Waals surface area contributed by atoms with Crippen molar-refractivity contribution in [1.29, 1.82) is 0 Å². The summed E-state index contributed by atoms with van der Waals surface area (Å²) in [5.41, 5.74) is 4.15. The maximum Gasteiger partial charge on any atom is 0.163 e. The first-order chi connectivity index (χ1) is 11.6. The zero-order valence-electron chi connectivity index (χ0n) is 14.1. The molecule has 0 saturated carbocycles. The van der Waals surface area contributed by atoms with Crippen LogP contribution in [0, 0.1) is 13.8 Å². The second kappa shape index (κ2) is 6.97. The molecule has 5 nitrogen and oxygen atoms in total. The van der Waals surface area contributed by atoms with Gasteiger partial charge in [0.2, 0.25) is 0 Å². The molecule has 0 aliphatic carbocycles. The highest BCUT2D eigenvalue weighted by atomic mass is 32.1. The number of aromatic amines is 1. The summed E-state index contributed by atoms with van der Waals surface area (Å²) < 4.78 is 0. The Morgan fingerprint density at radius 3 is 2.62 bits per heavy atom. The monoisotopic (exact) mass is 341 g/mol. The Balaban J connectivity index is 0.00000225. The maximum absolute atomic E-state index is 5.04. The van der Waals surface area contributed by atoms with E-state index >= 15 is 0 Å². The summed E-state index contributed by atoms with van der Waals surface area (Å²) in [6.07, 6.45) is 0. The van der Waals surface area contributed by atoms with Gasteiger partial charge in [-0.25, -0.2) is 9.97 Å². The van der Waals surface area contributed by atoms with Crippen molar-refractivity contribution in [1.82, 2.24) is 20.3 Å². The fraction of sp³-hybridized carbons (Fsp3) is 0.278. The molecule has 0 saturated heterocycles. The van der Waals surface area contributed by atoms with Crippen LogP contribution in [0.25, 0.3) is 22.4 Å². The lowest BCUT2D eigenvalue weighted by Gasteiger charge is -2.10. The van der Waals surface area contributed by atoms with Gasteiger partial charge >= 0.3 is 0 Å². The van der Waals surface area contributed by atoms with Crippen molar-refractivity contribution in [2.75, 3.05) is 18.4 Å². The molecule has 0 aliphatic heterocycles. The number of H-pyrrole nitrogens is 1. The maximum atomic E-state index is 5.04. The second-order valence-electron chi connectivity index (χ2n) is 5.77. The van der Waals surface area contributed by atoms with Gasteiger partial charge in [-0.1, -0.05) is 42.5 Å². The minimum atomic E-state index is 0. The summed E-state index contributed by atoms with van der Waals surface area (Å²) >= 11 is 5.04. The lowest BCUT2D eigenvalue weighted by atomic mass is 10.2. The second-order valence-corrected chi connectivity index (χ2v) is 6.38. The van der Waals surface area contributed by atoms with E-state index in [1.54, 1.807) is 0 Å². The minimum absolute atomic E-state index is 0. The van der Waals surface area contributed by atoms with Crippen LogP contribution in [0.3, 0.4) is 0 Å². The van der Waals surface area contributed by atoms with E-state index < -0.39 is 0 Å². The number of thiocarbonyl (C=S) groups is 1. The van der Waals surface area contributed by atoms with Crippen LogP contribution in [0.5, 0.6) is 0 Å². The number of hydrogen-bond acceptors (Lipinski definition) is 4. The fourth-order valence-corrected chi connectivity index (χ4v) is 2.73. The zero-order valence-corrected chi connectivity index (χ0v) is 14.9. The third kappa shape index (κ3) is 3.38. The Kier molecular flexibility index (Phi) is 4.76. The van der Waals surface area contributed by atoms with E-state index in [-0.39, 0.29) is 1.43 Å². The third-order valence-electron chi connectivity index (χ3n) is 3.98. The predicted octanol–water partition coefficient (Wildman–Crippen LogP) is 3.84. The molecule has 126 valence electrons. The highest BCUT2D eigenvalue weighted by molar-refractivity contribution is 7.80. The number of nitrogens with zero attached hydrogens (tertiary/aromatic N) is 2. The molecular formula is C18H23N5S. The van der Waals surface area contributed by atoms with Crippen molar-refractivity contribution < 1.29 is 1.43 Å². The molecule has 0 amide bonds. The first-order valence-electron chi connectivity index (χ1n) is 7.97. The van der Waals surface area contributed by atoms with Crippen LogP contribution >= 0.6 is 12.2 Å². The third-order valence-corrected chi connectivity index (χ3v) is 4.12. The lowest BCUT2D eigenvalue weighted by molar-refractivity contribution is 0.910. The van der Waals surface area contributed by atoms with Crippen molar-refractivity contribution in [2.45, 2.75) is 20.8 Å². The standard InChI is InChI=1S/C18H21N5S.H2/c1-11-12(2)21-18-15(11)17(20-10-9-19-13(3)24)22-16(23-18)14-7-5-4-6-8-14;/h4-8H,9-10H2,1-3H3,(H,19,24)(H2,20,21,22,23);1H. The number of benzene rings is 1. The molecule has 24 heavy (non-hydrogen) atoms. The largest absolute Gasteiger partial charge is 0.378 e. The van der Waals surface area contributed by atoms with E-state index in [1.165, 1.54) is 5.56 Å². The average molecular weight is 341 g/mol. The van der Waals surface area contributed by atoms with Gasteiger partial charge in [-0.2, -0.15) is 0 Å². The molecule has 0 unspecified atom stereocenters. The first-order valence-corrected chi connectivity index (χ1v) is 8.37. The first kappa shape index (κ1) is 16.4. The number of hydrogen-bond donors (Lipinski definition) is 3. The molecule has 0 fully saturated rings. The molecule has 0 radical (unpaired) electrons. The van der Waals surface area contributed by atoms with Gasteiger partial charge in [0.15, 0.2) is 5.82 Å². The molecule has 3 N–H and O–H groups in total. The predicted molar refractivity (Wildman–Crippen MR) is 106 cm³/mol. The van der Waals surface area contributed by atoms with E-state index in [4.69, 9.17) is 22.2 Å². The van der Waals surface area contributed by atoms with Gasteiger partial charge in [-0.3, -0.25) is 0 Å². The van der Waals surface area contributed by atoms with E-state index in [2.05, 4.69) is 29.5 Å². The summed E-state index contributed by atoms with van der Waals surface area (Å²) in [7, 11) is 0. The highest BCUT2D eigenvalue weighted by Gasteiger charge is 2.14. The van der Waals surface area contributed by atoms with Crippen molar-refractivity contribution in [2.24, 2.45) is 0 Å². The van der Waals surface area contributed by atoms with Crippen molar-refractivity contribution in [3.05, 3.63) is 41.6 Å². The van der Waals surface area contributed by atoms with Crippen LogP contribution in [-0.2, 0) is 0 Å². The highest BCUT2D eigenvalue weighted by Crippen LogP contribution is 2.28.